The zero-order valence-corrected chi connectivity index (χ0v) is 13.6. The molecule has 0 bridgehead atoms. The molecule has 4 nitrogen and oxygen atoms in total. The first-order valence-corrected chi connectivity index (χ1v) is 7.86. The quantitative estimate of drug-likeness (QED) is 0.852. The highest BCUT2D eigenvalue weighted by atomic mass is 19.1. The molecule has 1 aromatic heterocycles. The van der Waals surface area contributed by atoms with Gasteiger partial charge in [0.25, 0.3) is 5.91 Å². The summed E-state index contributed by atoms with van der Waals surface area (Å²) in [4.78, 5) is 18.2. The van der Waals surface area contributed by atoms with Crippen LogP contribution in [0.25, 0.3) is 0 Å². The molecule has 2 rings (SSSR count). The third-order valence-corrected chi connectivity index (χ3v) is 3.69. The van der Waals surface area contributed by atoms with E-state index in [1.807, 2.05) is 19.9 Å². The SMILES string of the molecule is CCN(CC)C(=O)c1cncc(NCCc2ccc(F)cc2)c1. The average molecular weight is 315 g/mol. The second kappa shape index (κ2) is 8.27. The molecule has 0 saturated carbocycles. The van der Waals surface area contributed by atoms with Gasteiger partial charge in [-0.15, -0.1) is 0 Å². The van der Waals surface area contributed by atoms with Crippen LogP contribution in [0, 0.1) is 5.82 Å². The molecule has 1 aromatic carbocycles. The highest BCUT2D eigenvalue weighted by molar-refractivity contribution is 5.94. The number of pyridine rings is 1. The van der Waals surface area contributed by atoms with Crippen molar-refractivity contribution in [1.29, 1.82) is 0 Å². The summed E-state index contributed by atoms with van der Waals surface area (Å²) < 4.78 is 12.9. The van der Waals surface area contributed by atoms with Crippen LogP contribution in [-0.2, 0) is 6.42 Å². The van der Waals surface area contributed by atoms with Crippen LogP contribution in [0.15, 0.2) is 42.7 Å². The molecule has 0 spiro atoms. The lowest BCUT2D eigenvalue weighted by Gasteiger charge is -2.18. The molecule has 0 saturated heterocycles. The fourth-order valence-corrected chi connectivity index (χ4v) is 2.35. The second-order valence-electron chi connectivity index (χ2n) is 5.24. The molecule has 1 N–H and O–H groups in total. The van der Waals surface area contributed by atoms with E-state index in [1.54, 1.807) is 29.4 Å². The summed E-state index contributed by atoms with van der Waals surface area (Å²) in [6.45, 7) is 5.96. The van der Waals surface area contributed by atoms with Crippen molar-refractivity contribution in [3.63, 3.8) is 0 Å². The monoisotopic (exact) mass is 315 g/mol. The Labute approximate surface area is 136 Å². The fourth-order valence-electron chi connectivity index (χ4n) is 2.35. The number of nitrogens with one attached hydrogen (secondary N) is 1. The summed E-state index contributed by atoms with van der Waals surface area (Å²) in [6, 6.07) is 8.28. The van der Waals surface area contributed by atoms with E-state index in [4.69, 9.17) is 0 Å². The lowest BCUT2D eigenvalue weighted by molar-refractivity contribution is 0.0772. The zero-order chi connectivity index (χ0) is 16.7. The molecule has 122 valence electrons. The van der Waals surface area contributed by atoms with Gasteiger partial charge in [0, 0.05) is 32.0 Å². The Morgan fingerprint density at radius 1 is 1.17 bits per heavy atom. The topological polar surface area (TPSA) is 45.2 Å². The average Bonchev–Trinajstić information content (AvgIpc) is 2.58. The number of hydrogen-bond acceptors (Lipinski definition) is 3. The minimum atomic E-state index is -0.228. The van der Waals surface area contributed by atoms with E-state index in [0.717, 1.165) is 17.7 Å². The van der Waals surface area contributed by atoms with Crippen molar-refractivity contribution >= 4 is 11.6 Å². The van der Waals surface area contributed by atoms with Crippen molar-refractivity contribution in [3.8, 4) is 0 Å². The molecule has 2 aromatic rings. The predicted octanol–water partition coefficient (Wildman–Crippen LogP) is 3.36. The Balaban J connectivity index is 1.94. The fraction of sp³-hybridized carbons (Fsp3) is 0.333. The maximum atomic E-state index is 12.9. The lowest BCUT2D eigenvalue weighted by atomic mass is 10.1. The van der Waals surface area contributed by atoms with Gasteiger partial charge < -0.3 is 10.2 Å². The van der Waals surface area contributed by atoms with Gasteiger partial charge in [-0.2, -0.15) is 0 Å². The molecule has 0 aliphatic rings. The van der Waals surface area contributed by atoms with Gasteiger partial charge >= 0.3 is 0 Å². The third-order valence-electron chi connectivity index (χ3n) is 3.69. The second-order valence-corrected chi connectivity index (χ2v) is 5.24. The molecule has 0 fully saturated rings. The van der Waals surface area contributed by atoms with Gasteiger partial charge in [-0.25, -0.2) is 4.39 Å². The van der Waals surface area contributed by atoms with Crippen molar-refractivity contribution in [2.45, 2.75) is 20.3 Å². The molecule has 1 amide bonds. The number of carbonyl (C=O) groups is 1. The van der Waals surface area contributed by atoms with Gasteiger partial charge in [-0.05, 0) is 44.0 Å². The summed E-state index contributed by atoms with van der Waals surface area (Å²) in [5.41, 5.74) is 2.45. The van der Waals surface area contributed by atoms with Crippen LogP contribution in [0.1, 0.15) is 29.8 Å². The largest absolute Gasteiger partial charge is 0.383 e. The third kappa shape index (κ3) is 4.77. The maximum absolute atomic E-state index is 12.9. The van der Waals surface area contributed by atoms with E-state index in [0.29, 0.717) is 25.2 Å². The van der Waals surface area contributed by atoms with Crippen LogP contribution < -0.4 is 5.32 Å². The molecule has 0 unspecified atom stereocenters. The normalized spacial score (nSPS) is 10.4. The Morgan fingerprint density at radius 2 is 1.87 bits per heavy atom. The highest BCUT2D eigenvalue weighted by Gasteiger charge is 2.13. The standard InChI is InChI=1S/C18H22FN3O/c1-3-22(4-2)18(23)15-11-17(13-20-12-15)21-10-9-14-5-7-16(19)8-6-14/h5-8,11-13,21H,3-4,9-10H2,1-2H3. The van der Waals surface area contributed by atoms with Gasteiger partial charge in [0.1, 0.15) is 5.82 Å². The molecule has 0 atom stereocenters. The Morgan fingerprint density at radius 3 is 2.52 bits per heavy atom. The maximum Gasteiger partial charge on any atom is 0.255 e. The molecule has 1 heterocycles. The number of halogens is 1. The van der Waals surface area contributed by atoms with E-state index >= 15 is 0 Å². The summed E-state index contributed by atoms with van der Waals surface area (Å²) >= 11 is 0. The van der Waals surface area contributed by atoms with Gasteiger partial charge in [-0.3, -0.25) is 9.78 Å². The molecular weight excluding hydrogens is 293 g/mol. The minimum absolute atomic E-state index is 0.00955. The van der Waals surface area contributed by atoms with E-state index in [1.165, 1.54) is 12.1 Å². The number of benzene rings is 1. The van der Waals surface area contributed by atoms with Crippen molar-refractivity contribution in [2.75, 3.05) is 25.0 Å². The molecule has 0 aliphatic carbocycles. The molecule has 23 heavy (non-hydrogen) atoms. The van der Waals surface area contributed by atoms with Gasteiger partial charge in [0.2, 0.25) is 0 Å². The Kier molecular flexibility index (Phi) is 6.09. The molecule has 5 heteroatoms. The summed E-state index contributed by atoms with van der Waals surface area (Å²) in [5, 5.41) is 3.25. The first-order chi connectivity index (χ1) is 11.1. The smallest absolute Gasteiger partial charge is 0.255 e. The van der Waals surface area contributed by atoms with Gasteiger partial charge in [0.05, 0.1) is 11.3 Å². The summed E-state index contributed by atoms with van der Waals surface area (Å²) in [7, 11) is 0. The first-order valence-electron chi connectivity index (χ1n) is 7.86. The minimum Gasteiger partial charge on any atom is -0.383 e. The Bertz CT molecular complexity index is 639. The molecular formula is C18H22FN3O. The summed E-state index contributed by atoms with van der Waals surface area (Å²) in [6.07, 6.45) is 4.06. The number of amides is 1. The van der Waals surface area contributed by atoms with Crippen molar-refractivity contribution < 1.29 is 9.18 Å². The van der Waals surface area contributed by atoms with Crippen LogP contribution in [-0.4, -0.2) is 35.4 Å². The van der Waals surface area contributed by atoms with Crippen LogP contribution in [0.3, 0.4) is 0 Å². The van der Waals surface area contributed by atoms with Crippen LogP contribution >= 0.6 is 0 Å². The Hall–Kier alpha value is -2.43. The number of carbonyl (C=O) groups excluding carboxylic acids is 1. The first kappa shape index (κ1) is 16.9. The molecule has 0 radical (unpaired) electrons. The van der Waals surface area contributed by atoms with Crippen LogP contribution in [0.5, 0.6) is 0 Å². The van der Waals surface area contributed by atoms with Gasteiger partial charge in [0.15, 0.2) is 0 Å². The highest BCUT2D eigenvalue weighted by Crippen LogP contribution is 2.11. The van der Waals surface area contributed by atoms with Crippen LogP contribution in [0.2, 0.25) is 0 Å². The van der Waals surface area contributed by atoms with Crippen molar-refractivity contribution in [2.24, 2.45) is 0 Å². The number of anilines is 1. The number of nitrogens with zero attached hydrogens (tertiary/aromatic N) is 2. The van der Waals surface area contributed by atoms with E-state index in [-0.39, 0.29) is 11.7 Å². The zero-order valence-electron chi connectivity index (χ0n) is 13.6. The number of aromatic nitrogens is 1. The van der Waals surface area contributed by atoms with Crippen molar-refractivity contribution in [3.05, 3.63) is 59.7 Å². The van der Waals surface area contributed by atoms with Crippen molar-refractivity contribution in [1.82, 2.24) is 9.88 Å². The van der Waals surface area contributed by atoms with E-state index in [9.17, 15) is 9.18 Å². The summed E-state index contributed by atoms with van der Waals surface area (Å²) in [5.74, 6) is -0.238. The number of rotatable bonds is 7. The number of hydrogen-bond donors (Lipinski definition) is 1. The van der Waals surface area contributed by atoms with Crippen LogP contribution in [0.4, 0.5) is 10.1 Å². The van der Waals surface area contributed by atoms with Gasteiger partial charge in [-0.1, -0.05) is 12.1 Å². The lowest BCUT2D eigenvalue weighted by Crippen LogP contribution is -2.30. The van der Waals surface area contributed by atoms with E-state index < -0.39 is 0 Å². The van der Waals surface area contributed by atoms with E-state index in [2.05, 4.69) is 10.3 Å². The predicted molar refractivity (Wildman–Crippen MR) is 90.1 cm³/mol. The molecule has 0 aliphatic heterocycles.